The number of hydrogen-bond donors (Lipinski definition) is 1. The van der Waals surface area contributed by atoms with Gasteiger partial charge >= 0.3 is 0 Å². The van der Waals surface area contributed by atoms with E-state index in [1.807, 2.05) is 0 Å². The summed E-state index contributed by atoms with van der Waals surface area (Å²) in [6, 6.07) is 5.34. The Kier molecular flexibility index (Phi) is 6.42. The van der Waals surface area contributed by atoms with Crippen molar-refractivity contribution in [3.8, 4) is 0 Å². The Balaban J connectivity index is 2.13. The molecule has 1 aliphatic heterocycles. The fourth-order valence-corrected chi connectivity index (χ4v) is 2.97. The van der Waals surface area contributed by atoms with Crippen LogP contribution in [0.3, 0.4) is 0 Å². The van der Waals surface area contributed by atoms with Crippen molar-refractivity contribution >= 4 is 11.6 Å². The van der Waals surface area contributed by atoms with Crippen molar-refractivity contribution in [3.63, 3.8) is 0 Å². The van der Waals surface area contributed by atoms with Gasteiger partial charge in [0.1, 0.15) is 5.82 Å². The van der Waals surface area contributed by atoms with Crippen LogP contribution in [-0.4, -0.2) is 25.8 Å². The van der Waals surface area contributed by atoms with Gasteiger partial charge < -0.3 is 10.1 Å². The van der Waals surface area contributed by atoms with Gasteiger partial charge in [-0.05, 0) is 36.5 Å². The van der Waals surface area contributed by atoms with Gasteiger partial charge in [-0.25, -0.2) is 4.39 Å². The zero-order chi connectivity index (χ0) is 16.1. The molecule has 0 bridgehead atoms. The second-order valence-corrected chi connectivity index (χ2v) is 6.68. The van der Waals surface area contributed by atoms with Gasteiger partial charge in [0, 0.05) is 36.7 Å². The summed E-state index contributed by atoms with van der Waals surface area (Å²) >= 11 is 5.87. The summed E-state index contributed by atoms with van der Waals surface area (Å²) in [4.78, 5) is 0. The zero-order valence-electron chi connectivity index (χ0n) is 13.4. The van der Waals surface area contributed by atoms with Gasteiger partial charge in [0.05, 0.1) is 0 Å². The van der Waals surface area contributed by atoms with Crippen LogP contribution in [0, 0.1) is 11.7 Å². The van der Waals surface area contributed by atoms with Gasteiger partial charge in [-0.15, -0.1) is 0 Å². The lowest BCUT2D eigenvalue weighted by Gasteiger charge is -2.28. The maximum Gasteiger partial charge on any atom is 0.128 e. The van der Waals surface area contributed by atoms with Crippen LogP contribution < -0.4 is 5.32 Å². The highest BCUT2D eigenvalue weighted by atomic mass is 35.5. The summed E-state index contributed by atoms with van der Waals surface area (Å²) in [6.07, 6.45) is 2.01. The summed E-state index contributed by atoms with van der Waals surface area (Å²) < 4.78 is 19.7. The van der Waals surface area contributed by atoms with Crippen molar-refractivity contribution in [1.29, 1.82) is 0 Å². The summed E-state index contributed by atoms with van der Waals surface area (Å²) in [5.41, 5.74) is 1.71. The van der Waals surface area contributed by atoms with Crippen LogP contribution in [0.15, 0.2) is 30.4 Å². The van der Waals surface area contributed by atoms with Crippen molar-refractivity contribution in [2.75, 3.05) is 19.8 Å². The Labute approximate surface area is 137 Å². The lowest BCUT2D eigenvalue weighted by molar-refractivity contribution is 0.0778. The molecule has 1 fully saturated rings. The quantitative estimate of drug-likeness (QED) is 0.775. The molecule has 0 aromatic heterocycles. The highest BCUT2D eigenvalue weighted by Crippen LogP contribution is 2.31. The number of rotatable bonds is 6. The third-order valence-corrected chi connectivity index (χ3v) is 4.59. The lowest BCUT2D eigenvalue weighted by Crippen LogP contribution is -2.38. The van der Waals surface area contributed by atoms with Crippen LogP contribution in [0.4, 0.5) is 4.39 Å². The molecule has 1 aromatic carbocycles. The van der Waals surface area contributed by atoms with E-state index in [4.69, 9.17) is 16.3 Å². The van der Waals surface area contributed by atoms with Crippen molar-refractivity contribution < 1.29 is 9.13 Å². The van der Waals surface area contributed by atoms with Crippen LogP contribution in [-0.2, 0) is 4.74 Å². The van der Waals surface area contributed by atoms with Crippen LogP contribution in [0.1, 0.15) is 38.2 Å². The minimum Gasteiger partial charge on any atom is -0.381 e. The molecule has 0 aliphatic carbocycles. The summed E-state index contributed by atoms with van der Waals surface area (Å²) in [7, 11) is 0. The summed E-state index contributed by atoms with van der Waals surface area (Å²) in [5, 5.41) is 3.98. The molecule has 1 atom stereocenters. The molecule has 1 heterocycles. The fourth-order valence-electron chi connectivity index (χ4n) is 2.81. The van der Waals surface area contributed by atoms with Gasteiger partial charge in [0.25, 0.3) is 0 Å². The van der Waals surface area contributed by atoms with E-state index in [2.05, 4.69) is 25.7 Å². The molecule has 1 aliphatic rings. The molecule has 1 aromatic rings. The predicted molar refractivity (Wildman–Crippen MR) is 90.0 cm³/mol. The molecule has 0 radical (unpaired) electrons. The zero-order valence-corrected chi connectivity index (χ0v) is 14.1. The number of hydrogen-bond acceptors (Lipinski definition) is 2. The maximum atomic E-state index is 14.3. The number of halogens is 2. The van der Waals surface area contributed by atoms with Crippen molar-refractivity contribution in [3.05, 3.63) is 46.8 Å². The molecule has 4 heteroatoms. The number of benzene rings is 1. The summed E-state index contributed by atoms with van der Waals surface area (Å²) in [5.74, 6) is 0.00440. The topological polar surface area (TPSA) is 21.3 Å². The van der Waals surface area contributed by atoms with E-state index in [0.717, 1.165) is 31.6 Å². The first-order valence-corrected chi connectivity index (χ1v) is 8.31. The van der Waals surface area contributed by atoms with Crippen LogP contribution in [0.5, 0.6) is 0 Å². The Bertz CT molecular complexity index is 512. The van der Waals surface area contributed by atoms with Crippen molar-refractivity contribution in [1.82, 2.24) is 5.32 Å². The van der Waals surface area contributed by atoms with Crippen LogP contribution >= 0.6 is 11.6 Å². The molecule has 122 valence electrons. The summed E-state index contributed by atoms with van der Waals surface area (Å²) in [6.45, 7) is 10.7. The SMILES string of the molecule is C=C(C(C)C)[C@H](CNC1CCOCC1)c1ccc(Cl)cc1F. The fraction of sp³-hybridized carbons (Fsp3) is 0.556. The van der Waals surface area contributed by atoms with E-state index in [0.29, 0.717) is 29.1 Å². The van der Waals surface area contributed by atoms with Crippen molar-refractivity contribution in [2.45, 2.75) is 38.6 Å². The van der Waals surface area contributed by atoms with E-state index in [-0.39, 0.29) is 11.7 Å². The average molecular weight is 326 g/mol. The second kappa shape index (κ2) is 8.09. The molecule has 0 amide bonds. The molecular formula is C18H25ClFNO. The Morgan fingerprint density at radius 3 is 2.68 bits per heavy atom. The van der Waals surface area contributed by atoms with Crippen LogP contribution in [0.2, 0.25) is 5.02 Å². The standard InChI is InChI=1S/C18H25ClFNO/c1-12(2)13(3)17(11-21-15-6-8-22-9-7-15)16-5-4-14(19)10-18(16)20/h4-5,10,12,15,17,21H,3,6-9,11H2,1-2H3/t17-/m0/s1. The van der Waals surface area contributed by atoms with Crippen LogP contribution in [0.25, 0.3) is 0 Å². The Morgan fingerprint density at radius 2 is 2.09 bits per heavy atom. The monoisotopic (exact) mass is 325 g/mol. The van der Waals surface area contributed by atoms with E-state index >= 15 is 0 Å². The van der Waals surface area contributed by atoms with Gasteiger partial charge in [-0.3, -0.25) is 0 Å². The molecule has 0 saturated carbocycles. The first-order chi connectivity index (χ1) is 10.5. The smallest absolute Gasteiger partial charge is 0.128 e. The van der Waals surface area contributed by atoms with E-state index in [9.17, 15) is 4.39 Å². The number of nitrogens with one attached hydrogen (secondary N) is 1. The third-order valence-electron chi connectivity index (χ3n) is 4.36. The normalized spacial score (nSPS) is 17.7. The second-order valence-electron chi connectivity index (χ2n) is 6.24. The Hall–Kier alpha value is -0.900. The van der Waals surface area contributed by atoms with Gasteiger partial charge in [0.2, 0.25) is 0 Å². The van der Waals surface area contributed by atoms with Gasteiger partial charge in [-0.2, -0.15) is 0 Å². The third kappa shape index (κ3) is 4.55. The first-order valence-electron chi connectivity index (χ1n) is 7.93. The molecule has 1 saturated heterocycles. The molecule has 2 nitrogen and oxygen atoms in total. The minimum absolute atomic E-state index is 0.0416. The highest BCUT2D eigenvalue weighted by Gasteiger charge is 2.23. The molecule has 0 unspecified atom stereocenters. The van der Waals surface area contributed by atoms with Gasteiger partial charge in [-0.1, -0.05) is 43.7 Å². The Morgan fingerprint density at radius 1 is 1.41 bits per heavy atom. The lowest BCUT2D eigenvalue weighted by atomic mass is 9.85. The number of ether oxygens (including phenoxy) is 1. The largest absolute Gasteiger partial charge is 0.381 e. The van der Waals surface area contributed by atoms with Gasteiger partial charge in [0.15, 0.2) is 0 Å². The first kappa shape index (κ1) is 17.5. The maximum absolute atomic E-state index is 14.3. The molecule has 0 spiro atoms. The molecule has 22 heavy (non-hydrogen) atoms. The highest BCUT2D eigenvalue weighted by molar-refractivity contribution is 6.30. The van der Waals surface area contributed by atoms with E-state index in [1.165, 1.54) is 6.07 Å². The average Bonchev–Trinajstić information content (AvgIpc) is 2.49. The van der Waals surface area contributed by atoms with Crippen molar-refractivity contribution in [2.24, 2.45) is 5.92 Å². The minimum atomic E-state index is -0.256. The van der Waals surface area contributed by atoms with E-state index < -0.39 is 0 Å². The molecule has 1 N–H and O–H groups in total. The predicted octanol–water partition coefficient (Wildman–Crippen LogP) is 4.54. The van der Waals surface area contributed by atoms with E-state index in [1.54, 1.807) is 12.1 Å². The molecular weight excluding hydrogens is 301 g/mol. The molecule has 2 rings (SSSR count).